The van der Waals surface area contributed by atoms with Gasteiger partial charge in [0.15, 0.2) is 0 Å². The van der Waals surface area contributed by atoms with Crippen molar-refractivity contribution in [1.82, 2.24) is 15.0 Å². The maximum atomic E-state index is 12.5. The molecule has 2 aliphatic heterocycles. The van der Waals surface area contributed by atoms with Crippen LogP contribution in [0.3, 0.4) is 0 Å². The van der Waals surface area contributed by atoms with E-state index in [0.717, 1.165) is 5.56 Å². The largest absolute Gasteiger partial charge is 0.464 e. The topological polar surface area (TPSA) is 116 Å². The normalized spacial score (nSPS) is 22.6. The number of hydrogen-bond donors (Lipinski definition) is 2. The van der Waals surface area contributed by atoms with E-state index in [1.807, 2.05) is 30.3 Å². The molecule has 9 heteroatoms. The second-order valence-electron chi connectivity index (χ2n) is 5.76. The molecule has 24 heavy (non-hydrogen) atoms. The highest BCUT2D eigenvalue weighted by molar-refractivity contribution is 5.96. The highest BCUT2D eigenvalue weighted by Crippen LogP contribution is 2.31. The minimum Gasteiger partial charge on any atom is -0.464 e. The molecule has 2 fully saturated rings. The SMILES string of the molecule is NN(C(=O)O)C(=O)C1CCC2CN1C(=O)N2OCc1ccccc1. The summed E-state index contributed by atoms with van der Waals surface area (Å²) in [7, 11) is 0. The number of urea groups is 1. The number of carbonyl (C=O) groups is 3. The van der Waals surface area contributed by atoms with Crippen molar-refractivity contribution in [3.05, 3.63) is 35.9 Å². The fraction of sp³-hybridized carbons (Fsp3) is 0.400. The van der Waals surface area contributed by atoms with Gasteiger partial charge in [0.05, 0.1) is 6.04 Å². The Balaban J connectivity index is 1.67. The van der Waals surface area contributed by atoms with E-state index in [1.54, 1.807) is 0 Å². The van der Waals surface area contributed by atoms with E-state index < -0.39 is 24.1 Å². The molecule has 9 nitrogen and oxygen atoms in total. The Morgan fingerprint density at radius 2 is 2.00 bits per heavy atom. The summed E-state index contributed by atoms with van der Waals surface area (Å²) >= 11 is 0. The first kappa shape index (κ1) is 16.2. The lowest BCUT2D eigenvalue weighted by atomic mass is 10.0. The van der Waals surface area contributed by atoms with Crippen molar-refractivity contribution in [2.45, 2.75) is 31.5 Å². The molecular formula is C15H18N4O5. The average Bonchev–Trinajstić information content (AvgIpc) is 2.83. The van der Waals surface area contributed by atoms with Crippen molar-refractivity contribution in [2.75, 3.05) is 6.54 Å². The molecule has 3 N–H and O–H groups in total. The molecule has 1 aromatic carbocycles. The zero-order valence-corrected chi connectivity index (χ0v) is 12.9. The number of carboxylic acid groups (broad SMARTS) is 1. The van der Waals surface area contributed by atoms with Gasteiger partial charge in [-0.1, -0.05) is 30.3 Å². The Hall–Kier alpha value is -2.65. The van der Waals surface area contributed by atoms with Gasteiger partial charge in [-0.25, -0.2) is 15.4 Å². The molecule has 3 rings (SSSR count). The standard InChI is InChI=1S/C15H18N4O5/c16-18(15(22)23)13(20)12-7-6-11-8-17(12)14(21)19(11)24-9-10-4-2-1-3-5-10/h1-5,11-12H,6-9,16H2,(H,22,23). The summed E-state index contributed by atoms with van der Waals surface area (Å²) in [6.07, 6.45) is -0.659. The summed E-state index contributed by atoms with van der Waals surface area (Å²) in [5.41, 5.74) is 0.924. The van der Waals surface area contributed by atoms with Crippen molar-refractivity contribution >= 4 is 18.0 Å². The molecular weight excluding hydrogens is 316 g/mol. The summed E-state index contributed by atoms with van der Waals surface area (Å²) in [6.45, 7) is 0.561. The average molecular weight is 334 g/mol. The molecule has 1 aromatic rings. The summed E-state index contributed by atoms with van der Waals surface area (Å²) in [4.78, 5) is 42.4. The number of hydrazine groups is 1. The number of benzene rings is 1. The molecule has 2 heterocycles. The van der Waals surface area contributed by atoms with Gasteiger partial charge in [-0.05, 0) is 18.4 Å². The minimum atomic E-state index is -1.55. The van der Waals surface area contributed by atoms with Crippen molar-refractivity contribution in [3.63, 3.8) is 0 Å². The van der Waals surface area contributed by atoms with E-state index in [2.05, 4.69) is 0 Å². The van der Waals surface area contributed by atoms with Gasteiger partial charge in [-0.3, -0.25) is 9.63 Å². The van der Waals surface area contributed by atoms with Crippen LogP contribution in [0.2, 0.25) is 0 Å². The smallest absolute Gasteiger partial charge is 0.428 e. The van der Waals surface area contributed by atoms with Gasteiger partial charge in [-0.2, -0.15) is 10.1 Å². The van der Waals surface area contributed by atoms with Gasteiger partial charge in [0, 0.05) is 6.54 Å². The minimum absolute atomic E-state index is 0.131. The highest BCUT2D eigenvalue weighted by atomic mass is 16.7. The molecule has 2 saturated heterocycles. The third kappa shape index (κ3) is 2.91. The van der Waals surface area contributed by atoms with E-state index in [0.29, 0.717) is 19.4 Å². The summed E-state index contributed by atoms with van der Waals surface area (Å²) in [5.74, 6) is 4.43. The van der Waals surface area contributed by atoms with E-state index in [9.17, 15) is 14.4 Å². The van der Waals surface area contributed by atoms with Crippen molar-refractivity contribution < 1.29 is 24.3 Å². The van der Waals surface area contributed by atoms with Gasteiger partial charge in [0.1, 0.15) is 12.6 Å². The lowest BCUT2D eigenvalue weighted by Crippen LogP contribution is -2.54. The number of rotatable bonds is 4. The number of fused-ring (bicyclic) bond motifs is 2. The van der Waals surface area contributed by atoms with E-state index >= 15 is 0 Å². The van der Waals surface area contributed by atoms with Crippen molar-refractivity contribution in [2.24, 2.45) is 5.84 Å². The number of piperidine rings is 1. The van der Waals surface area contributed by atoms with Crippen molar-refractivity contribution in [3.8, 4) is 0 Å². The van der Waals surface area contributed by atoms with Crippen LogP contribution >= 0.6 is 0 Å². The fourth-order valence-corrected chi connectivity index (χ4v) is 3.03. The first-order valence-electron chi connectivity index (χ1n) is 7.57. The van der Waals surface area contributed by atoms with Gasteiger partial charge in [-0.15, -0.1) is 0 Å². The van der Waals surface area contributed by atoms with Crippen LogP contribution in [0.5, 0.6) is 0 Å². The number of hydroxylamine groups is 2. The van der Waals surface area contributed by atoms with Crippen LogP contribution in [0.15, 0.2) is 30.3 Å². The van der Waals surface area contributed by atoms with Crippen LogP contribution in [-0.4, -0.2) is 56.7 Å². The maximum Gasteiger partial charge on any atom is 0.428 e. The molecule has 2 bridgehead atoms. The van der Waals surface area contributed by atoms with Gasteiger partial charge >= 0.3 is 12.1 Å². The number of amides is 4. The number of carbonyl (C=O) groups excluding carboxylic acids is 2. The highest BCUT2D eigenvalue weighted by Gasteiger charge is 2.49. The molecule has 2 unspecified atom stereocenters. The quantitative estimate of drug-likeness (QED) is 0.477. The summed E-state index contributed by atoms with van der Waals surface area (Å²) in [5, 5.41) is 10.2. The lowest BCUT2D eigenvalue weighted by molar-refractivity contribution is -0.140. The molecule has 2 aliphatic rings. The molecule has 128 valence electrons. The first-order chi connectivity index (χ1) is 11.5. The molecule has 0 radical (unpaired) electrons. The molecule has 0 saturated carbocycles. The van der Waals surface area contributed by atoms with Crippen LogP contribution in [0.25, 0.3) is 0 Å². The molecule has 4 amide bonds. The maximum absolute atomic E-state index is 12.5. The van der Waals surface area contributed by atoms with Gasteiger partial charge in [0.25, 0.3) is 5.91 Å². The van der Waals surface area contributed by atoms with E-state index in [-0.39, 0.29) is 17.7 Å². The summed E-state index contributed by atoms with van der Waals surface area (Å²) in [6, 6.07) is 7.95. The first-order valence-corrected chi connectivity index (χ1v) is 7.57. The number of imide groups is 1. The van der Waals surface area contributed by atoms with Crippen LogP contribution in [0.1, 0.15) is 18.4 Å². The Morgan fingerprint density at radius 1 is 1.29 bits per heavy atom. The molecule has 0 spiro atoms. The van der Waals surface area contributed by atoms with Crippen LogP contribution < -0.4 is 5.84 Å². The van der Waals surface area contributed by atoms with Crippen LogP contribution in [0.4, 0.5) is 9.59 Å². The predicted octanol–water partition coefficient (Wildman–Crippen LogP) is 0.767. The number of nitrogens with zero attached hydrogens (tertiary/aromatic N) is 3. The Kier molecular flexibility index (Phi) is 4.36. The van der Waals surface area contributed by atoms with Crippen LogP contribution in [-0.2, 0) is 16.2 Å². The summed E-state index contributed by atoms with van der Waals surface area (Å²) < 4.78 is 0. The van der Waals surface area contributed by atoms with Crippen molar-refractivity contribution in [1.29, 1.82) is 0 Å². The predicted molar refractivity (Wildman–Crippen MR) is 81.0 cm³/mol. The van der Waals surface area contributed by atoms with Gasteiger partial charge < -0.3 is 10.0 Å². The number of hydrogen-bond acceptors (Lipinski definition) is 5. The molecule has 2 atom stereocenters. The fourth-order valence-electron chi connectivity index (χ4n) is 3.03. The lowest BCUT2D eigenvalue weighted by Gasteiger charge is -2.30. The Morgan fingerprint density at radius 3 is 2.67 bits per heavy atom. The Labute approximate surface area is 138 Å². The molecule has 0 aromatic heterocycles. The zero-order valence-electron chi connectivity index (χ0n) is 12.9. The van der Waals surface area contributed by atoms with Gasteiger partial charge in [0.2, 0.25) is 0 Å². The van der Waals surface area contributed by atoms with E-state index in [4.69, 9.17) is 15.8 Å². The van der Waals surface area contributed by atoms with E-state index in [1.165, 1.54) is 9.96 Å². The number of nitrogens with two attached hydrogens (primary N) is 1. The third-order valence-electron chi connectivity index (χ3n) is 4.26. The second-order valence-corrected chi connectivity index (χ2v) is 5.76. The Bertz CT molecular complexity index is 653. The zero-order chi connectivity index (χ0) is 17.3. The second kappa shape index (κ2) is 6.46. The van der Waals surface area contributed by atoms with Crippen LogP contribution in [0, 0.1) is 0 Å². The third-order valence-corrected chi connectivity index (χ3v) is 4.26. The monoisotopic (exact) mass is 334 g/mol. The molecule has 0 aliphatic carbocycles.